The Kier molecular flexibility index (Phi) is 4.18. The molecule has 1 atom stereocenters. The van der Waals surface area contributed by atoms with E-state index >= 15 is 0 Å². The number of likely N-dealkylation sites (tertiary alicyclic amines) is 1. The second-order valence-electron chi connectivity index (χ2n) is 5.96. The van der Waals surface area contributed by atoms with E-state index < -0.39 is 0 Å². The first-order valence-corrected chi connectivity index (χ1v) is 6.17. The zero-order valence-electron chi connectivity index (χ0n) is 10.7. The van der Waals surface area contributed by atoms with Crippen LogP contribution >= 0.6 is 0 Å². The van der Waals surface area contributed by atoms with Crippen molar-refractivity contribution in [1.82, 2.24) is 4.90 Å². The lowest BCUT2D eigenvalue weighted by atomic mass is 9.89. The fourth-order valence-electron chi connectivity index (χ4n) is 2.42. The minimum atomic E-state index is 0.258. The maximum absolute atomic E-state index is 11.3. The van der Waals surface area contributed by atoms with E-state index in [0.717, 1.165) is 6.54 Å². The molecule has 1 aliphatic rings. The molecule has 88 valence electrons. The number of hydrogen-bond donors (Lipinski definition) is 0. The highest BCUT2D eigenvalue weighted by molar-refractivity contribution is 5.73. The standard InChI is InChI=1S/C13H25NO/c1-11(15)14-10-6-8-12(14)7-5-9-13(2,3)4/h12H,5-10H2,1-4H3. The van der Waals surface area contributed by atoms with Crippen LogP contribution in [0.25, 0.3) is 0 Å². The lowest BCUT2D eigenvalue weighted by Crippen LogP contribution is -2.33. The molecule has 0 bridgehead atoms. The van der Waals surface area contributed by atoms with Gasteiger partial charge in [0, 0.05) is 19.5 Å². The molecule has 1 heterocycles. The number of carbonyl (C=O) groups is 1. The topological polar surface area (TPSA) is 20.3 Å². The average Bonchev–Trinajstić information content (AvgIpc) is 2.49. The van der Waals surface area contributed by atoms with E-state index in [1.54, 1.807) is 6.92 Å². The lowest BCUT2D eigenvalue weighted by Gasteiger charge is -2.25. The van der Waals surface area contributed by atoms with Crippen LogP contribution in [-0.4, -0.2) is 23.4 Å². The van der Waals surface area contributed by atoms with Crippen LogP contribution in [-0.2, 0) is 4.79 Å². The second-order valence-corrected chi connectivity index (χ2v) is 5.96. The summed E-state index contributed by atoms with van der Waals surface area (Å²) >= 11 is 0. The molecule has 1 saturated heterocycles. The van der Waals surface area contributed by atoms with Crippen molar-refractivity contribution in [2.45, 2.75) is 65.8 Å². The van der Waals surface area contributed by atoms with Crippen LogP contribution in [0.1, 0.15) is 59.8 Å². The van der Waals surface area contributed by atoms with Gasteiger partial charge in [-0.25, -0.2) is 0 Å². The van der Waals surface area contributed by atoms with Crippen molar-refractivity contribution in [2.75, 3.05) is 6.54 Å². The van der Waals surface area contributed by atoms with Gasteiger partial charge in [-0.05, 0) is 31.1 Å². The van der Waals surface area contributed by atoms with E-state index in [0.29, 0.717) is 11.5 Å². The van der Waals surface area contributed by atoms with Crippen molar-refractivity contribution in [1.29, 1.82) is 0 Å². The van der Waals surface area contributed by atoms with Gasteiger partial charge in [0.1, 0.15) is 0 Å². The molecule has 1 aliphatic heterocycles. The Morgan fingerprint density at radius 3 is 2.60 bits per heavy atom. The first kappa shape index (κ1) is 12.5. The van der Waals surface area contributed by atoms with Gasteiger partial charge in [-0.15, -0.1) is 0 Å². The Labute approximate surface area is 94.0 Å². The zero-order chi connectivity index (χ0) is 11.5. The van der Waals surface area contributed by atoms with Crippen molar-refractivity contribution < 1.29 is 4.79 Å². The first-order valence-electron chi connectivity index (χ1n) is 6.17. The Hall–Kier alpha value is -0.530. The third kappa shape index (κ3) is 4.23. The molecule has 0 aromatic carbocycles. The summed E-state index contributed by atoms with van der Waals surface area (Å²) in [6, 6.07) is 0.532. The molecule has 15 heavy (non-hydrogen) atoms. The minimum Gasteiger partial charge on any atom is -0.340 e. The lowest BCUT2D eigenvalue weighted by molar-refractivity contribution is -0.129. The van der Waals surface area contributed by atoms with Crippen LogP contribution in [0.3, 0.4) is 0 Å². The molecule has 1 fully saturated rings. The second kappa shape index (κ2) is 5.00. The van der Waals surface area contributed by atoms with E-state index in [1.807, 2.05) is 0 Å². The molecule has 0 spiro atoms. The summed E-state index contributed by atoms with van der Waals surface area (Å²) in [4.78, 5) is 13.4. The van der Waals surface area contributed by atoms with Crippen molar-refractivity contribution in [3.8, 4) is 0 Å². The molecule has 0 saturated carbocycles. The Morgan fingerprint density at radius 2 is 2.07 bits per heavy atom. The fourth-order valence-corrected chi connectivity index (χ4v) is 2.42. The van der Waals surface area contributed by atoms with Crippen LogP contribution in [0.15, 0.2) is 0 Å². The molecule has 1 amide bonds. The zero-order valence-corrected chi connectivity index (χ0v) is 10.7. The van der Waals surface area contributed by atoms with Gasteiger partial charge in [0.25, 0.3) is 0 Å². The molecule has 1 rings (SSSR count). The summed E-state index contributed by atoms with van der Waals surface area (Å²) in [6.45, 7) is 9.52. The molecule has 0 aromatic rings. The summed E-state index contributed by atoms with van der Waals surface area (Å²) in [6.07, 6.45) is 6.10. The number of carbonyl (C=O) groups excluding carboxylic acids is 1. The number of amides is 1. The molecular formula is C13H25NO. The quantitative estimate of drug-likeness (QED) is 0.702. The Morgan fingerprint density at radius 1 is 1.40 bits per heavy atom. The first-order chi connectivity index (χ1) is 6.90. The van der Waals surface area contributed by atoms with Crippen LogP contribution < -0.4 is 0 Å². The van der Waals surface area contributed by atoms with Crippen molar-refractivity contribution in [3.05, 3.63) is 0 Å². The van der Waals surface area contributed by atoms with E-state index in [2.05, 4.69) is 25.7 Å². The van der Waals surface area contributed by atoms with Gasteiger partial charge in [-0.2, -0.15) is 0 Å². The highest BCUT2D eigenvalue weighted by Crippen LogP contribution is 2.26. The Balaban J connectivity index is 2.29. The van der Waals surface area contributed by atoms with Gasteiger partial charge in [0.15, 0.2) is 0 Å². The maximum Gasteiger partial charge on any atom is 0.219 e. The smallest absolute Gasteiger partial charge is 0.219 e. The number of hydrogen-bond acceptors (Lipinski definition) is 1. The van der Waals surface area contributed by atoms with Gasteiger partial charge in [-0.3, -0.25) is 4.79 Å². The minimum absolute atomic E-state index is 0.258. The highest BCUT2D eigenvalue weighted by Gasteiger charge is 2.26. The number of nitrogens with zero attached hydrogens (tertiary/aromatic N) is 1. The van der Waals surface area contributed by atoms with Gasteiger partial charge >= 0.3 is 0 Å². The normalized spacial score (nSPS) is 22.1. The molecule has 0 aromatic heterocycles. The van der Waals surface area contributed by atoms with E-state index in [9.17, 15) is 4.79 Å². The van der Waals surface area contributed by atoms with Crippen LogP contribution in [0.2, 0.25) is 0 Å². The third-order valence-corrected chi connectivity index (χ3v) is 3.25. The van der Waals surface area contributed by atoms with Crippen LogP contribution in [0.5, 0.6) is 0 Å². The summed E-state index contributed by atoms with van der Waals surface area (Å²) < 4.78 is 0. The van der Waals surface area contributed by atoms with E-state index in [1.165, 1.54) is 32.1 Å². The van der Waals surface area contributed by atoms with Crippen molar-refractivity contribution in [3.63, 3.8) is 0 Å². The molecular weight excluding hydrogens is 186 g/mol. The molecule has 2 heteroatoms. The van der Waals surface area contributed by atoms with Crippen molar-refractivity contribution in [2.24, 2.45) is 5.41 Å². The van der Waals surface area contributed by atoms with Gasteiger partial charge in [0.2, 0.25) is 5.91 Å². The molecule has 2 nitrogen and oxygen atoms in total. The summed E-state index contributed by atoms with van der Waals surface area (Å²) in [5.41, 5.74) is 0.430. The SMILES string of the molecule is CC(=O)N1CCCC1CCCC(C)(C)C. The summed E-state index contributed by atoms with van der Waals surface area (Å²) in [5.74, 6) is 0.258. The average molecular weight is 211 g/mol. The predicted molar refractivity (Wildman–Crippen MR) is 63.7 cm³/mol. The van der Waals surface area contributed by atoms with E-state index in [4.69, 9.17) is 0 Å². The summed E-state index contributed by atoms with van der Waals surface area (Å²) in [5, 5.41) is 0. The summed E-state index contributed by atoms with van der Waals surface area (Å²) in [7, 11) is 0. The third-order valence-electron chi connectivity index (χ3n) is 3.25. The molecule has 1 unspecified atom stereocenters. The van der Waals surface area contributed by atoms with Crippen LogP contribution in [0, 0.1) is 5.41 Å². The maximum atomic E-state index is 11.3. The molecule has 0 N–H and O–H groups in total. The van der Waals surface area contributed by atoms with Crippen LogP contribution in [0.4, 0.5) is 0 Å². The molecule has 0 aliphatic carbocycles. The predicted octanol–water partition coefficient (Wildman–Crippen LogP) is 3.21. The fraction of sp³-hybridized carbons (Fsp3) is 0.923. The van der Waals surface area contributed by atoms with Gasteiger partial charge in [0.05, 0.1) is 0 Å². The van der Waals surface area contributed by atoms with Gasteiger partial charge < -0.3 is 4.90 Å². The Bertz CT molecular complexity index is 217. The van der Waals surface area contributed by atoms with Gasteiger partial charge in [-0.1, -0.05) is 27.2 Å². The van der Waals surface area contributed by atoms with E-state index in [-0.39, 0.29) is 5.91 Å². The monoisotopic (exact) mass is 211 g/mol. The largest absolute Gasteiger partial charge is 0.340 e. The molecule has 0 radical (unpaired) electrons. The number of rotatable bonds is 3. The van der Waals surface area contributed by atoms with Crippen molar-refractivity contribution >= 4 is 5.91 Å². The highest BCUT2D eigenvalue weighted by atomic mass is 16.2.